The highest BCUT2D eigenvalue weighted by molar-refractivity contribution is 7.91. The molecular formula is C18H16F2N4O4S. The smallest absolute Gasteiger partial charge is 0.341 e. The number of carbonyl (C=O) groups is 1. The predicted octanol–water partition coefficient (Wildman–Crippen LogP) is 2.41. The summed E-state index contributed by atoms with van der Waals surface area (Å²) >= 11 is 0. The highest BCUT2D eigenvalue weighted by Gasteiger charge is 2.26. The number of methoxy groups -OCH3 is 1. The van der Waals surface area contributed by atoms with Crippen molar-refractivity contribution in [2.45, 2.75) is 17.2 Å². The van der Waals surface area contributed by atoms with Gasteiger partial charge in [-0.3, -0.25) is 9.89 Å². The first-order chi connectivity index (χ1) is 13.8. The number of hydrogen-bond donors (Lipinski definition) is 2. The number of rotatable bonds is 7. The van der Waals surface area contributed by atoms with Crippen molar-refractivity contribution < 1.29 is 26.7 Å². The molecule has 0 aliphatic heterocycles. The number of nitrogens with zero attached hydrogens (tertiary/aromatic N) is 2. The van der Waals surface area contributed by atoms with Gasteiger partial charge in [0.1, 0.15) is 11.6 Å². The number of aromatic nitrogens is 3. The van der Waals surface area contributed by atoms with Gasteiger partial charge in [0.2, 0.25) is 9.84 Å². The van der Waals surface area contributed by atoms with Crippen LogP contribution in [0.3, 0.4) is 0 Å². The second-order valence-corrected chi connectivity index (χ2v) is 7.76. The Balaban J connectivity index is 1.63. The van der Waals surface area contributed by atoms with Gasteiger partial charge >= 0.3 is 5.76 Å². The van der Waals surface area contributed by atoms with Crippen LogP contribution in [0.25, 0.3) is 11.4 Å². The maximum atomic E-state index is 12.5. The van der Waals surface area contributed by atoms with E-state index in [-0.39, 0.29) is 12.1 Å². The summed E-state index contributed by atoms with van der Waals surface area (Å²) in [6.07, 6.45) is 0. The summed E-state index contributed by atoms with van der Waals surface area (Å²) in [5, 5.41) is 9.38. The quantitative estimate of drug-likeness (QED) is 0.604. The van der Waals surface area contributed by atoms with Gasteiger partial charge in [-0.05, 0) is 48.5 Å². The third-order valence-corrected chi connectivity index (χ3v) is 5.37. The molecule has 0 aliphatic carbocycles. The van der Waals surface area contributed by atoms with Gasteiger partial charge in [-0.25, -0.2) is 13.4 Å². The predicted molar refractivity (Wildman–Crippen MR) is 99.2 cm³/mol. The number of alkyl halides is 2. The van der Waals surface area contributed by atoms with Crippen LogP contribution >= 0.6 is 0 Å². The fourth-order valence-corrected chi connectivity index (χ4v) is 3.13. The lowest BCUT2D eigenvalue weighted by atomic mass is 10.2. The number of carbonyl (C=O) groups excluding carboxylic acids is 1. The van der Waals surface area contributed by atoms with Gasteiger partial charge in [-0.1, -0.05) is 0 Å². The fourth-order valence-electron chi connectivity index (χ4n) is 2.41. The van der Waals surface area contributed by atoms with E-state index in [1.807, 2.05) is 0 Å². The SMILES string of the molecule is COc1ccc(-c2n[nH]c(CNC(=O)c3ccc(S(=O)(=O)C(F)F)cc3)n2)cc1. The molecule has 1 aromatic heterocycles. The lowest BCUT2D eigenvalue weighted by Crippen LogP contribution is -2.23. The third kappa shape index (κ3) is 4.57. The van der Waals surface area contributed by atoms with Gasteiger partial charge in [-0.2, -0.15) is 13.9 Å². The Labute approximate surface area is 164 Å². The van der Waals surface area contributed by atoms with E-state index in [0.717, 1.165) is 29.8 Å². The number of sulfone groups is 1. The van der Waals surface area contributed by atoms with E-state index >= 15 is 0 Å². The Morgan fingerprint density at radius 2 is 1.79 bits per heavy atom. The van der Waals surface area contributed by atoms with E-state index in [1.54, 1.807) is 31.4 Å². The maximum Gasteiger partial charge on any atom is 0.341 e. The number of amides is 1. The molecule has 0 unspecified atom stereocenters. The van der Waals surface area contributed by atoms with Gasteiger partial charge in [0, 0.05) is 11.1 Å². The van der Waals surface area contributed by atoms with Crippen LogP contribution < -0.4 is 10.1 Å². The van der Waals surface area contributed by atoms with Crippen molar-refractivity contribution in [3.8, 4) is 17.1 Å². The number of hydrogen-bond acceptors (Lipinski definition) is 6. The number of nitrogens with one attached hydrogen (secondary N) is 2. The Morgan fingerprint density at radius 3 is 2.38 bits per heavy atom. The lowest BCUT2D eigenvalue weighted by Gasteiger charge is -2.05. The summed E-state index contributed by atoms with van der Waals surface area (Å²) < 4.78 is 53.0. The molecular weight excluding hydrogens is 406 g/mol. The number of H-pyrrole nitrogens is 1. The second kappa shape index (κ2) is 8.35. The van der Waals surface area contributed by atoms with E-state index in [1.165, 1.54) is 0 Å². The standard InChI is InChI=1S/C18H16F2N4O4S/c1-28-13-6-2-11(3-7-13)16-22-15(23-24-16)10-21-17(25)12-4-8-14(9-5-12)29(26,27)18(19)20/h2-9,18H,10H2,1H3,(H,21,25)(H,22,23,24). The summed E-state index contributed by atoms with van der Waals surface area (Å²) in [4.78, 5) is 15.9. The minimum atomic E-state index is -4.70. The largest absolute Gasteiger partial charge is 0.497 e. The maximum absolute atomic E-state index is 12.5. The normalized spacial score (nSPS) is 11.4. The first-order valence-corrected chi connectivity index (χ1v) is 9.82. The Hall–Kier alpha value is -3.34. The van der Waals surface area contributed by atoms with E-state index in [9.17, 15) is 22.0 Å². The average Bonchev–Trinajstić information content (AvgIpc) is 3.21. The molecule has 0 saturated carbocycles. The van der Waals surface area contributed by atoms with Gasteiger partial charge in [0.05, 0.1) is 18.6 Å². The molecule has 3 rings (SSSR count). The summed E-state index contributed by atoms with van der Waals surface area (Å²) in [6.45, 7) is 0.0407. The summed E-state index contributed by atoms with van der Waals surface area (Å²) in [5.74, 6) is -2.49. The minimum absolute atomic E-state index is 0.0407. The van der Waals surface area contributed by atoms with Crippen molar-refractivity contribution in [1.82, 2.24) is 20.5 Å². The van der Waals surface area contributed by atoms with E-state index in [4.69, 9.17) is 4.74 Å². The molecule has 29 heavy (non-hydrogen) atoms. The first-order valence-electron chi connectivity index (χ1n) is 8.27. The van der Waals surface area contributed by atoms with Gasteiger partial charge < -0.3 is 10.1 Å². The van der Waals surface area contributed by atoms with E-state index in [0.29, 0.717) is 17.4 Å². The molecule has 8 nitrogen and oxygen atoms in total. The zero-order valence-electron chi connectivity index (χ0n) is 15.1. The van der Waals surface area contributed by atoms with Crippen molar-refractivity contribution in [3.63, 3.8) is 0 Å². The Kier molecular flexibility index (Phi) is 5.87. The van der Waals surface area contributed by atoms with Crippen LogP contribution in [-0.2, 0) is 16.4 Å². The van der Waals surface area contributed by atoms with Gasteiger partial charge in [-0.15, -0.1) is 0 Å². The summed E-state index contributed by atoms with van der Waals surface area (Å²) in [6, 6.07) is 11.4. The zero-order chi connectivity index (χ0) is 21.0. The molecule has 2 aromatic carbocycles. The summed E-state index contributed by atoms with van der Waals surface area (Å²) in [7, 11) is -3.14. The molecule has 0 saturated heterocycles. The fraction of sp³-hybridized carbons (Fsp3) is 0.167. The van der Waals surface area contributed by atoms with Crippen LogP contribution in [0, 0.1) is 0 Å². The molecule has 0 fully saturated rings. The lowest BCUT2D eigenvalue weighted by molar-refractivity contribution is 0.0950. The number of halogens is 2. The van der Waals surface area contributed by atoms with E-state index in [2.05, 4.69) is 20.5 Å². The monoisotopic (exact) mass is 422 g/mol. The highest BCUT2D eigenvalue weighted by Crippen LogP contribution is 2.20. The Morgan fingerprint density at radius 1 is 1.14 bits per heavy atom. The topological polar surface area (TPSA) is 114 Å². The van der Waals surface area contributed by atoms with Crippen molar-refractivity contribution >= 4 is 15.7 Å². The molecule has 0 spiro atoms. The van der Waals surface area contributed by atoms with Crippen LogP contribution in [0.2, 0.25) is 0 Å². The van der Waals surface area contributed by atoms with Gasteiger partial charge in [0.15, 0.2) is 5.82 Å². The third-order valence-electron chi connectivity index (χ3n) is 3.98. The van der Waals surface area contributed by atoms with Crippen LogP contribution in [0.5, 0.6) is 5.75 Å². The van der Waals surface area contributed by atoms with Crippen molar-refractivity contribution in [2.24, 2.45) is 0 Å². The molecule has 11 heteroatoms. The van der Waals surface area contributed by atoms with Crippen LogP contribution in [0.15, 0.2) is 53.4 Å². The van der Waals surface area contributed by atoms with Crippen molar-refractivity contribution in [1.29, 1.82) is 0 Å². The van der Waals surface area contributed by atoms with Crippen LogP contribution in [0.4, 0.5) is 8.78 Å². The molecule has 0 aliphatic rings. The number of aromatic amines is 1. The van der Waals surface area contributed by atoms with Crippen LogP contribution in [-0.4, -0.2) is 42.4 Å². The Bertz CT molecular complexity index is 1100. The summed E-state index contributed by atoms with van der Waals surface area (Å²) in [5.41, 5.74) is 0.878. The average molecular weight is 422 g/mol. The van der Waals surface area contributed by atoms with Crippen molar-refractivity contribution in [3.05, 3.63) is 59.9 Å². The molecule has 0 radical (unpaired) electrons. The molecule has 152 valence electrons. The van der Waals surface area contributed by atoms with E-state index < -0.39 is 26.4 Å². The van der Waals surface area contributed by atoms with Crippen LogP contribution in [0.1, 0.15) is 16.2 Å². The highest BCUT2D eigenvalue weighted by atomic mass is 32.2. The molecule has 0 atom stereocenters. The molecule has 3 aromatic rings. The molecule has 0 bridgehead atoms. The van der Waals surface area contributed by atoms with Crippen molar-refractivity contribution in [2.75, 3.05) is 7.11 Å². The number of ether oxygens (including phenoxy) is 1. The zero-order valence-corrected chi connectivity index (χ0v) is 15.9. The molecule has 1 heterocycles. The first kappa shape index (κ1) is 20.4. The molecule has 2 N–H and O–H groups in total. The second-order valence-electron chi connectivity index (χ2n) is 5.85. The number of benzene rings is 2. The van der Waals surface area contributed by atoms with Gasteiger partial charge in [0.25, 0.3) is 5.91 Å². The molecule has 1 amide bonds. The minimum Gasteiger partial charge on any atom is -0.497 e.